The molecule has 0 aliphatic rings. The van der Waals surface area contributed by atoms with Crippen molar-refractivity contribution in [2.75, 3.05) is 5.32 Å². The molecule has 11 heteroatoms. The lowest BCUT2D eigenvalue weighted by Crippen LogP contribution is -2.13. The number of aromatic hydroxyl groups is 1. The Balaban J connectivity index is 1.76. The first-order valence-corrected chi connectivity index (χ1v) is 9.69. The Morgan fingerprint density at radius 3 is 2.52 bits per heavy atom. The van der Waals surface area contributed by atoms with Gasteiger partial charge in [-0.25, -0.2) is 0 Å². The number of nitrogens with zero attached hydrogens (tertiary/aromatic N) is 3. The summed E-state index contributed by atoms with van der Waals surface area (Å²) in [6, 6.07) is 11.9. The van der Waals surface area contributed by atoms with Crippen LogP contribution in [-0.4, -0.2) is 26.3 Å². The second-order valence-corrected chi connectivity index (χ2v) is 7.18. The zero-order valence-electron chi connectivity index (χ0n) is 17.0. The smallest absolute Gasteiger partial charge is 0.416 e. The number of aromatic nitrogens is 3. The van der Waals surface area contributed by atoms with E-state index in [2.05, 4.69) is 20.3 Å². The lowest BCUT2D eigenvalue weighted by Gasteiger charge is -2.18. The predicted molar refractivity (Wildman–Crippen MR) is 110 cm³/mol. The van der Waals surface area contributed by atoms with Crippen molar-refractivity contribution in [3.05, 3.63) is 71.9 Å². The number of phenolic OH excluding ortho intramolecular Hbond substituents is 1. The Morgan fingerprint density at radius 1 is 1.03 bits per heavy atom. The van der Waals surface area contributed by atoms with Crippen LogP contribution in [0.15, 0.2) is 60.8 Å². The van der Waals surface area contributed by atoms with E-state index in [1.54, 1.807) is 34.9 Å². The van der Waals surface area contributed by atoms with Crippen molar-refractivity contribution in [1.82, 2.24) is 14.6 Å². The van der Waals surface area contributed by atoms with E-state index in [0.29, 0.717) is 17.5 Å². The van der Waals surface area contributed by atoms with Gasteiger partial charge in [0, 0.05) is 11.8 Å². The van der Waals surface area contributed by atoms with Gasteiger partial charge in [-0.2, -0.15) is 22.0 Å². The number of halogens is 5. The quantitative estimate of drug-likeness (QED) is 0.348. The first kappa shape index (κ1) is 22.3. The van der Waals surface area contributed by atoms with E-state index in [1.807, 2.05) is 13.0 Å². The average molecular weight is 464 g/mol. The van der Waals surface area contributed by atoms with Gasteiger partial charge in [0.1, 0.15) is 17.2 Å². The highest BCUT2D eigenvalue weighted by Crippen LogP contribution is 2.38. The summed E-state index contributed by atoms with van der Waals surface area (Å²) in [4.78, 5) is 0. The van der Waals surface area contributed by atoms with Gasteiger partial charge in [-0.05, 0) is 55.0 Å². The van der Waals surface area contributed by atoms with Gasteiger partial charge in [0.25, 0.3) is 0 Å². The third-order valence-electron chi connectivity index (χ3n) is 4.96. The number of ether oxygens (including phenoxy) is 1. The molecule has 0 fully saturated rings. The van der Waals surface area contributed by atoms with E-state index in [0.717, 1.165) is 17.7 Å². The van der Waals surface area contributed by atoms with Crippen LogP contribution in [0.3, 0.4) is 0 Å². The monoisotopic (exact) mass is 464 g/mol. The van der Waals surface area contributed by atoms with Gasteiger partial charge in [0.2, 0.25) is 5.95 Å². The number of hydrogen-bond acceptors (Lipinski definition) is 5. The van der Waals surface area contributed by atoms with Crippen LogP contribution in [0.1, 0.15) is 24.1 Å². The minimum atomic E-state index is -4.73. The number of phenols is 1. The summed E-state index contributed by atoms with van der Waals surface area (Å²) in [5.74, 6) is -0.258. The van der Waals surface area contributed by atoms with Crippen molar-refractivity contribution < 1.29 is 31.8 Å². The van der Waals surface area contributed by atoms with Crippen molar-refractivity contribution in [1.29, 1.82) is 0 Å². The molecule has 0 aliphatic heterocycles. The number of nitrogens with one attached hydrogen (secondary N) is 1. The molecule has 6 nitrogen and oxygen atoms in total. The number of rotatable bonds is 6. The average Bonchev–Trinajstić information content (AvgIpc) is 3.23. The maximum absolute atomic E-state index is 13.1. The maximum atomic E-state index is 13.1. The predicted octanol–water partition coefficient (Wildman–Crippen LogP) is 5.90. The number of anilines is 1. The number of hydrogen-bond donors (Lipinski definition) is 2. The van der Waals surface area contributed by atoms with Crippen LogP contribution in [0.2, 0.25) is 0 Å². The van der Waals surface area contributed by atoms with Gasteiger partial charge < -0.3 is 15.2 Å². The zero-order chi connectivity index (χ0) is 23.8. The second-order valence-electron chi connectivity index (χ2n) is 7.18. The number of fused-ring (bicyclic) bond motifs is 1. The van der Waals surface area contributed by atoms with Crippen molar-refractivity contribution >= 4 is 11.5 Å². The summed E-state index contributed by atoms with van der Waals surface area (Å²) < 4.78 is 71.1. The molecule has 0 saturated heterocycles. The maximum Gasteiger partial charge on any atom is 0.416 e. The van der Waals surface area contributed by atoms with Gasteiger partial charge >= 0.3 is 12.8 Å². The molecule has 0 radical (unpaired) electrons. The fourth-order valence-electron chi connectivity index (χ4n) is 3.40. The fraction of sp³-hybridized carbons (Fsp3) is 0.182. The van der Waals surface area contributed by atoms with E-state index < -0.39 is 24.1 Å². The molecule has 4 aromatic rings. The summed E-state index contributed by atoms with van der Waals surface area (Å²) in [5.41, 5.74) is 0.0672. The van der Waals surface area contributed by atoms with Crippen LogP contribution in [-0.2, 0) is 6.18 Å². The highest BCUT2D eigenvalue weighted by Gasteiger charge is 2.32. The van der Waals surface area contributed by atoms with E-state index >= 15 is 0 Å². The van der Waals surface area contributed by atoms with Crippen LogP contribution in [0, 0.1) is 0 Å². The molecule has 2 aromatic carbocycles. The molecule has 4 rings (SSSR count). The first-order chi connectivity index (χ1) is 15.6. The minimum absolute atomic E-state index is 0.0629. The van der Waals surface area contributed by atoms with Gasteiger partial charge in [-0.15, -0.1) is 10.2 Å². The lowest BCUT2D eigenvalue weighted by atomic mass is 10.1. The molecule has 1 atom stereocenters. The van der Waals surface area contributed by atoms with Crippen molar-refractivity contribution in [2.45, 2.75) is 25.8 Å². The van der Waals surface area contributed by atoms with Crippen molar-refractivity contribution in [2.24, 2.45) is 0 Å². The highest BCUT2D eigenvalue weighted by atomic mass is 19.4. The Labute approximate surface area is 184 Å². The Morgan fingerprint density at radius 2 is 1.82 bits per heavy atom. The minimum Gasteiger partial charge on any atom is -0.508 e. The molecule has 2 N–H and O–H groups in total. The number of alkyl halides is 5. The Hall–Kier alpha value is -3.89. The molecule has 33 heavy (non-hydrogen) atoms. The molecule has 2 aromatic heterocycles. The molecule has 0 unspecified atom stereocenters. The Bertz CT molecular complexity index is 1290. The van der Waals surface area contributed by atoms with Gasteiger partial charge in [-0.1, -0.05) is 12.1 Å². The molecule has 0 amide bonds. The zero-order valence-corrected chi connectivity index (χ0v) is 17.0. The molecule has 0 saturated carbocycles. The number of benzene rings is 2. The van der Waals surface area contributed by atoms with Crippen LogP contribution in [0.25, 0.3) is 16.8 Å². The molecule has 0 aliphatic carbocycles. The third-order valence-corrected chi connectivity index (χ3v) is 4.96. The Kier molecular flexibility index (Phi) is 5.79. The topological polar surface area (TPSA) is 71.7 Å². The summed E-state index contributed by atoms with van der Waals surface area (Å²) >= 11 is 0. The summed E-state index contributed by atoms with van der Waals surface area (Å²) in [5, 5.41) is 21.0. The first-order valence-electron chi connectivity index (χ1n) is 9.69. The van der Waals surface area contributed by atoms with E-state index in [4.69, 9.17) is 0 Å². The lowest BCUT2D eigenvalue weighted by molar-refractivity contribution is -0.138. The van der Waals surface area contributed by atoms with Gasteiger partial charge in [-0.3, -0.25) is 4.40 Å². The van der Waals surface area contributed by atoms with E-state index in [9.17, 15) is 27.1 Å². The molecule has 0 bridgehead atoms. The fourth-order valence-corrected chi connectivity index (χ4v) is 3.40. The molecule has 0 spiro atoms. The molecular weight excluding hydrogens is 447 g/mol. The van der Waals surface area contributed by atoms with Crippen LogP contribution in [0.4, 0.5) is 27.9 Å². The molecule has 172 valence electrons. The van der Waals surface area contributed by atoms with Crippen LogP contribution >= 0.6 is 0 Å². The summed E-state index contributed by atoms with van der Waals surface area (Å²) in [6.07, 6.45) is -3.09. The van der Waals surface area contributed by atoms with E-state index in [-0.39, 0.29) is 23.0 Å². The van der Waals surface area contributed by atoms with Gasteiger partial charge in [0.15, 0.2) is 0 Å². The SMILES string of the molecule is C[C@@H](Nc1nnc(-c2ccc(C(F)(F)F)cc2OC(F)F)c2cccn12)c1cccc(O)c1. The standard InChI is InChI=1S/C22H17F5N4O2/c1-12(13-4-2-5-15(32)10-13)28-21-30-29-19(17-6-3-9-31(17)21)16-8-7-14(22(25,26)27)11-18(16)33-20(23)24/h2-12,20,32H,1H3,(H,28,30)/t12-/m1/s1. The van der Waals surface area contributed by atoms with Crippen molar-refractivity contribution in [3.8, 4) is 22.8 Å². The second kappa shape index (κ2) is 8.57. The largest absolute Gasteiger partial charge is 0.508 e. The third kappa shape index (κ3) is 4.66. The van der Waals surface area contributed by atoms with Crippen LogP contribution in [0.5, 0.6) is 11.5 Å². The highest BCUT2D eigenvalue weighted by molar-refractivity contribution is 5.81. The molecule has 2 heterocycles. The van der Waals surface area contributed by atoms with Crippen LogP contribution < -0.4 is 10.1 Å². The van der Waals surface area contributed by atoms with Gasteiger partial charge in [0.05, 0.1) is 17.1 Å². The van der Waals surface area contributed by atoms with E-state index in [1.165, 1.54) is 6.07 Å². The normalized spacial score (nSPS) is 12.8. The summed E-state index contributed by atoms with van der Waals surface area (Å²) in [6.45, 7) is -1.49. The van der Waals surface area contributed by atoms with Crippen molar-refractivity contribution in [3.63, 3.8) is 0 Å². The summed E-state index contributed by atoms with van der Waals surface area (Å²) in [7, 11) is 0. The molecular formula is C22H17F5N4O2.